The van der Waals surface area contributed by atoms with Gasteiger partial charge in [-0.1, -0.05) is 36.4 Å². The molecule has 6 rings (SSSR count). The normalized spacial score (nSPS) is 24.9. The van der Waals surface area contributed by atoms with Crippen LogP contribution in [0, 0.1) is 12.5 Å². The van der Waals surface area contributed by atoms with E-state index >= 15 is 0 Å². The largest absolute Gasteiger partial charge is 0.330 e. The first-order valence-electron chi connectivity index (χ1n) is 12.7. The van der Waals surface area contributed by atoms with Crippen LogP contribution in [-0.2, 0) is 16.0 Å². The van der Waals surface area contributed by atoms with Crippen molar-refractivity contribution in [2.45, 2.75) is 31.3 Å². The van der Waals surface area contributed by atoms with E-state index in [1.807, 2.05) is 12.3 Å². The van der Waals surface area contributed by atoms with Crippen LogP contribution in [0.15, 0.2) is 75.0 Å². The molecule has 5 aliphatic rings. The molecule has 0 aromatic heterocycles. The van der Waals surface area contributed by atoms with Crippen LogP contribution in [-0.4, -0.2) is 83.0 Å². The summed E-state index contributed by atoms with van der Waals surface area (Å²) in [5, 5.41) is 0. The maximum absolute atomic E-state index is 12.5. The summed E-state index contributed by atoms with van der Waals surface area (Å²) in [6, 6.07) is 10.3. The van der Waals surface area contributed by atoms with Gasteiger partial charge in [0.05, 0.1) is 11.4 Å². The number of hydrogen-bond acceptors (Lipinski definition) is 5. The molecule has 4 aliphatic heterocycles. The minimum atomic E-state index is -0.364. The van der Waals surface area contributed by atoms with Crippen LogP contribution in [0.3, 0.4) is 0 Å². The summed E-state index contributed by atoms with van der Waals surface area (Å²) in [7, 11) is 0. The third-order valence-electron chi connectivity index (χ3n) is 7.65. The summed E-state index contributed by atoms with van der Waals surface area (Å²) >= 11 is 0. The minimum absolute atomic E-state index is 0.0789. The van der Waals surface area contributed by atoms with Crippen molar-refractivity contribution < 1.29 is 14.2 Å². The zero-order valence-corrected chi connectivity index (χ0v) is 20.6. The number of dihydropyridines is 1. The number of benzene rings is 1. The molecular formula is C30H28N5O2+. The van der Waals surface area contributed by atoms with Gasteiger partial charge in [0, 0.05) is 56.9 Å². The Kier molecular flexibility index (Phi) is 5.90. The number of ketones is 1. The summed E-state index contributed by atoms with van der Waals surface area (Å²) in [4.78, 5) is 38.6. The van der Waals surface area contributed by atoms with Crippen LogP contribution in [0.5, 0.6) is 0 Å². The lowest BCUT2D eigenvalue weighted by atomic mass is 9.96. The molecule has 0 saturated carbocycles. The first-order valence-corrected chi connectivity index (χ1v) is 12.7. The topological polar surface area (TPSA) is 68.3 Å². The summed E-state index contributed by atoms with van der Waals surface area (Å²) in [5.74, 6) is 0.221. The number of aliphatic imine (C=N–C) groups is 2. The number of Topliss-reactive ketones (excluding diaryl/α,β-unsaturated/α-hetero) is 1. The summed E-state index contributed by atoms with van der Waals surface area (Å²) in [5.41, 5.74) is 7.01. The number of terminal acetylenes is 1. The molecule has 0 N–H and O–H groups in total. The Morgan fingerprint density at radius 3 is 2.89 bits per heavy atom. The van der Waals surface area contributed by atoms with Gasteiger partial charge in [0.1, 0.15) is 12.8 Å². The second-order valence-electron chi connectivity index (χ2n) is 9.92. The zero-order chi connectivity index (χ0) is 25.5. The standard InChI is InChI=1S/C30H28N5O2/c1-3-33(2)25-16-23(18-34-13-14-35-26(19-34)27(36)11-12-28(35)37)32-29-24(17-31-30(25)29)22-10-6-9-20-7-4-5-8-21(20)15-22/h1,4-8,10,15-17,26,30H,2,9,11-14,18-19H2/q+1. The predicted octanol–water partition coefficient (Wildman–Crippen LogP) is 2.41. The Hall–Kier alpha value is -4.15. The molecule has 7 heteroatoms. The number of nitrogens with zero attached hydrogens (tertiary/aromatic N) is 5. The third-order valence-corrected chi connectivity index (χ3v) is 7.65. The number of piperazine rings is 1. The van der Waals surface area contributed by atoms with Gasteiger partial charge in [-0.2, -0.15) is 0 Å². The maximum Gasteiger partial charge on any atom is 0.229 e. The van der Waals surface area contributed by atoms with Crippen molar-refractivity contribution in [1.82, 2.24) is 9.80 Å². The van der Waals surface area contributed by atoms with Crippen molar-refractivity contribution >= 4 is 36.4 Å². The molecule has 2 fully saturated rings. The van der Waals surface area contributed by atoms with Crippen molar-refractivity contribution in [3.05, 3.63) is 76.2 Å². The number of carbonyl (C=O) groups excluding carboxylic acids is 2. The second kappa shape index (κ2) is 9.38. The average molecular weight is 491 g/mol. The molecule has 1 aromatic rings. The number of carbonyl (C=O) groups is 2. The van der Waals surface area contributed by atoms with Gasteiger partial charge in [0.2, 0.25) is 17.6 Å². The van der Waals surface area contributed by atoms with Crippen LogP contribution in [0.2, 0.25) is 0 Å². The Balaban J connectivity index is 1.34. The summed E-state index contributed by atoms with van der Waals surface area (Å²) in [6.45, 7) is 6.34. The lowest BCUT2D eigenvalue weighted by Gasteiger charge is -2.43. The van der Waals surface area contributed by atoms with Crippen LogP contribution in [0.4, 0.5) is 0 Å². The van der Waals surface area contributed by atoms with Crippen molar-refractivity contribution in [3.63, 3.8) is 0 Å². The zero-order valence-electron chi connectivity index (χ0n) is 20.6. The molecule has 4 heterocycles. The van der Waals surface area contributed by atoms with Crippen molar-refractivity contribution in [3.8, 4) is 12.5 Å². The number of allylic oxidation sites excluding steroid dienone is 4. The van der Waals surface area contributed by atoms with E-state index in [2.05, 4.69) is 60.2 Å². The first-order chi connectivity index (χ1) is 18.0. The Morgan fingerprint density at radius 1 is 1.16 bits per heavy atom. The third kappa shape index (κ3) is 4.24. The molecule has 0 radical (unpaired) electrons. The highest BCUT2D eigenvalue weighted by Crippen LogP contribution is 2.35. The Labute approximate surface area is 216 Å². The number of fused-ring (bicyclic) bond motifs is 3. The van der Waals surface area contributed by atoms with Gasteiger partial charge < -0.3 is 4.90 Å². The van der Waals surface area contributed by atoms with Crippen LogP contribution >= 0.6 is 0 Å². The highest BCUT2D eigenvalue weighted by molar-refractivity contribution is 6.02. The molecule has 7 nitrogen and oxygen atoms in total. The van der Waals surface area contributed by atoms with Gasteiger partial charge in [-0.3, -0.25) is 24.5 Å². The average Bonchev–Trinajstić information content (AvgIpc) is 3.22. The van der Waals surface area contributed by atoms with Gasteiger partial charge in [0.25, 0.3) is 0 Å². The van der Waals surface area contributed by atoms with E-state index < -0.39 is 0 Å². The van der Waals surface area contributed by atoms with Gasteiger partial charge in [0.15, 0.2) is 11.8 Å². The van der Waals surface area contributed by atoms with Crippen LogP contribution in [0.25, 0.3) is 6.08 Å². The smallest absolute Gasteiger partial charge is 0.229 e. The van der Waals surface area contributed by atoms with Gasteiger partial charge in [-0.15, -0.1) is 4.58 Å². The Bertz CT molecular complexity index is 1450. The molecule has 2 unspecified atom stereocenters. The molecular weight excluding hydrogens is 462 g/mol. The molecule has 1 aliphatic carbocycles. The highest BCUT2D eigenvalue weighted by Gasteiger charge is 2.40. The molecule has 0 spiro atoms. The van der Waals surface area contributed by atoms with Crippen LogP contribution < -0.4 is 0 Å². The van der Waals surface area contributed by atoms with E-state index in [4.69, 9.17) is 16.4 Å². The molecule has 1 amide bonds. The number of amides is 1. The van der Waals surface area contributed by atoms with E-state index in [9.17, 15) is 9.59 Å². The molecule has 2 saturated heterocycles. The molecule has 1 aromatic carbocycles. The van der Waals surface area contributed by atoms with Gasteiger partial charge >= 0.3 is 0 Å². The number of piperidine rings is 1. The monoisotopic (exact) mass is 490 g/mol. The quantitative estimate of drug-likeness (QED) is 0.282. The molecule has 184 valence electrons. The van der Waals surface area contributed by atoms with Crippen LogP contribution in [0.1, 0.15) is 24.0 Å². The van der Waals surface area contributed by atoms with Crippen molar-refractivity contribution in [1.29, 1.82) is 0 Å². The fourth-order valence-corrected chi connectivity index (χ4v) is 5.69. The number of rotatable bonds is 4. The van der Waals surface area contributed by atoms with Gasteiger partial charge in [-0.25, -0.2) is 0 Å². The summed E-state index contributed by atoms with van der Waals surface area (Å²) in [6.07, 6.45) is 17.6. The van der Waals surface area contributed by atoms with Crippen molar-refractivity contribution in [2.24, 2.45) is 9.98 Å². The van der Waals surface area contributed by atoms with E-state index in [1.165, 1.54) is 15.7 Å². The number of hydrogen-bond donors (Lipinski definition) is 0. The SMILES string of the molecule is C#C[N+](=C)C1=CC(CN2CCN3C(=O)CCC(=O)C3C2)=NC2=C(C3=Cc4ccccc4CC=C3)C=NC12. The van der Waals surface area contributed by atoms with Crippen molar-refractivity contribution in [2.75, 3.05) is 26.2 Å². The second-order valence-corrected chi connectivity index (χ2v) is 9.92. The molecule has 37 heavy (non-hydrogen) atoms. The van der Waals surface area contributed by atoms with E-state index in [0.717, 1.165) is 34.7 Å². The van der Waals surface area contributed by atoms with E-state index in [0.29, 0.717) is 39.0 Å². The van der Waals surface area contributed by atoms with Gasteiger partial charge in [-0.05, 0) is 35.6 Å². The molecule has 0 bridgehead atoms. The Morgan fingerprint density at radius 2 is 2.03 bits per heavy atom. The fourth-order valence-electron chi connectivity index (χ4n) is 5.69. The highest BCUT2D eigenvalue weighted by atomic mass is 16.2. The maximum atomic E-state index is 12.5. The fraction of sp³-hybridized carbons (Fsp3) is 0.300. The van der Waals surface area contributed by atoms with E-state index in [-0.39, 0.29) is 23.8 Å². The molecule has 2 atom stereocenters. The lowest BCUT2D eigenvalue weighted by molar-refractivity contribution is -0.371. The lowest BCUT2D eigenvalue weighted by Crippen LogP contribution is -2.60. The first kappa shape index (κ1) is 23.3. The summed E-state index contributed by atoms with van der Waals surface area (Å²) < 4.78 is 1.52. The van der Waals surface area contributed by atoms with E-state index in [1.54, 1.807) is 4.90 Å². The predicted molar refractivity (Wildman–Crippen MR) is 144 cm³/mol. The minimum Gasteiger partial charge on any atom is -0.330 e.